The Hall–Kier alpha value is 0.910. The third kappa shape index (κ3) is 21.8. The second-order valence-electron chi connectivity index (χ2n) is 12.5. The first-order valence-electron chi connectivity index (χ1n) is 17.3. The van der Waals surface area contributed by atoms with Crippen LogP contribution in [0.2, 0.25) is 0 Å². The van der Waals surface area contributed by atoms with Gasteiger partial charge in [-0.05, 0) is 0 Å². The molecular weight excluding hydrogens is 519 g/mol. The van der Waals surface area contributed by atoms with E-state index in [0.29, 0.717) is 0 Å². The summed E-state index contributed by atoms with van der Waals surface area (Å²) in [5, 5.41) is -1.73. The van der Waals surface area contributed by atoms with Crippen LogP contribution in [0.5, 0.6) is 0 Å². The minimum atomic E-state index is -1.73. The fourth-order valence-electron chi connectivity index (χ4n) is 6.17. The Morgan fingerprint density at radius 3 is 0.694 bits per heavy atom. The van der Waals surface area contributed by atoms with E-state index in [1.165, 1.54) is 179 Å². The van der Waals surface area contributed by atoms with Crippen LogP contribution in [0.4, 0.5) is 0 Å². The van der Waals surface area contributed by atoms with E-state index in [4.69, 9.17) is 15.5 Å². The van der Waals surface area contributed by atoms with Crippen molar-refractivity contribution in [1.82, 2.24) is 0 Å². The molecular formula is C34H72BrP. The van der Waals surface area contributed by atoms with Crippen LogP contribution in [0.15, 0.2) is 0 Å². The number of halogens is 1. The molecule has 0 aromatic rings. The van der Waals surface area contributed by atoms with Gasteiger partial charge in [0.25, 0.3) is 0 Å². The van der Waals surface area contributed by atoms with Gasteiger partial charge in [0.2, 0.25) is 0 Å². The van der Waals surface area contributed by atoms with E-state index in [1.807, 2.05) is 0 Å². The van der Waals surface area contributed by atoms with Crippen molar-refractivity contribution in [3.05, 3.63) is 0 Å². The molecule has 0 fully saturated rings. The number of hydrogen-bond acceptors (Lipinski definition) is 0. The predicted octanol–water partition coefficient (Wildman–Crippen LogP) is 14.1. The van der Waals surface area contributed by atoms with E-state index in [9.17, 15) is 0 Å². The molecule has 0 spiro atoms. The van der Waals surface area contributed by atoms with Gasteiger partial charge in [0.05, 0.1) is 0 Å². The van der Waals surface area contributed by atoms with E-state index in [1.54, 1.807) is 12.3 Å². The van der Waals surface area contributed by atoms with Crippen LogP contribution in [0.1, 0.15) is 195 Å². The fourth-order valence-corrected chi connectivity index (χ4v) is 14.6. The molecule has 36 heavy (non-hydrogen) atoms. The van der Waals surface area contributed by atoms with Crippen molar-refractivity contribution in [2.75, 3.05) is 24.6 Å². The minimum absolute atomic E-state index is 1.37. The monoisotopic (exact) mass is 590 g/mol. The maximum atomic E-state index is 4.72. The van der Waals surface area contributed by atoms with Crippen molar-refractivity contribution >= 4 is 20.8 Å². The molecule has 0 N–H and O–H groups in total. The summed E-state index contributed by atoms with van der Waals surface area (Å²) in [6, 6.07) is 0. The molecule has 0 nitrogen and oxygen atoms in total. The summed E-state index contributed by atoms with van der Waals surface area (Å²) in [6.07, 6.45) is 44.0. The number of hydrogen-bond donors (Lipinski definition) is 0. The second-order valence-corrected chi connectivity index (χ2v) is 23.9. The average molecular weight is 592 g/mol. The Balaban J connectivity index is 4.56. The zero-order valence-corrected chi connectivity index (χ0v) is 28.5. The van der Waals surface area contributed by atoms with Gasteiger partial charge in [-0.25, -0.2) is 0 Å². The third-order valence-corrected chi connectivity index (χ3v) is 18.8. The molecule has 0 aromatic heterocycles. The van der Waals surface area contributed by atoms with Crippen LogP contribution in [0.25, 0.3) is 0 Å². The summed E-state index contributed by atoms with van der Waals surface area (Å²) in [7, 11) is 0. The van der Waals surface area contributed by atoms with Crippen LogP contribution in [-0.2, 0) is 0 Å². The van der Waals surface area contributed by atoms with Gasteiger partial charge < -0.3 is 0 Å². The Bertz CT molecular complexity index is 397. The SMILES string of the molecule is CCCCCCCCCCCCP(Br)(CCCCC)(CCCCC)CCCCCCCCCCCC. The molecule has 0 aliphatic rings. The molecule has 0 amide bonds. The van der Waals surface area contributed by atoms with Crippen LogP contribution < -0.4 is 0 Å². The van der Waals surface area contributed by atoms with Crippen molar-refractivity contribution in [3.8, 4) is 0 Å². The summed E-state index contributed by atoms with van der Waals surface area (Å²) in [5.41, 5.74) is 0. The summed E-state index contributed by atoms with van der Waals surface area (Å²) < 4.78 is 0. The predicted molar refractivity (Wildman–Crippen MR) is 178 cm³/mol. The quantitative estimate of drug-likeness (QED) is 0.0576. The molecule has 0 atom stereocenters. The Morgan fingerprint density at radius 1 is 0.278 bits per heavy atom. The third-order valence-electron chi connectivity index (χ3n) is 8.78. The van der Waals surface area contributed by atoms with Crippen molar-refractivity contribution in [2.45, 2.75) is 195 Å². The van der Waals surface area contributed by atoms with Gasteiger partial charge in [-0.1, -0.05) is 0 Å². The van der Waals surface area contributed by atoms with Crippen LogP contribution in [0.3, 0.4) is 0 Å². The molecule has 0 heterocycles. The zero-order chi connectivity index (χ0) is 26.7. The van der Waals surface area contributed by atoms with Crippen molar-refractivity contribution in [1.29, 1.82) is 0 Å². The Kier molecular flexibility index (Phi) is 26.8. The van der Waals surface area contributed by atoms with E-state index < -0.39 is 5.31 Å². The maximum absolute atomic E-state index is 4.72. The molecule has 0 saturated heterocycles. The summed E-state index contributed by atoms with van der Waals surface area (Å²) >= 11 is 4.72. The van der Waals surface area contributed by atoms with E-state index in [0.717, 1.165) is 0 Å². The molecule has 0 radical (unpaired) electrons. The van der Waals surface area contributed by atoms with Crippen molar-refractivity contribution in [3.63, 3.8) is 0 Å². The zero-order valence-electron chi connectivity index (χ0n) is 26.0. The summed E-state index contributed by atoms with van der Waals surface area (Å²) in [6.45, 7) is 9.40. The first-order chi connectivity index (χ1) is 17.5. The topological polar surface area (TPSA) is 0 Å². The van der Waals surface area contributed by atoms with Gasteiger partial charge in [0.15, 0.2) is 0 Å². The molecule has 220 valence electrons. The van der Waals surface area contributed by atoms with Crippen molar-refractivity contribution < 1.29 is 0 Å². The van der Waals surface area contributed by atoms with Gasteiger partial charge in [-0.15, -0.1) is 0 Å². The van der Waals surface area contributed by atoms with Crippen LogP contribution in [-0.4, -0.2) is 24.6 Å². The molecule has 0 saturated carbocycles. The van der Waals surface area contributed by atoms with E-state index >= 15 is 0 Å². The molecule has 0 aromatic carbocycles. The fraction of sp³-hybridized carbons (Fsp3) is 1.00. The van der Waals surface area contributed by atoms with E-state index in [-0.39, 0.29) is 0 Å². The standard InChI is InChI=1S/C34H72BrP/c1-5-9-13-15-17-19-21-23-25-29-33-36(35,31-27-11-7-3,32-28-12-8-4)34-30-26-24-22-20-18-16-14-10-6-2/h5-34H2,1-4H3. The molecule has 0 aliphatic heterocycles. The molecule has 2 heteroatoms. The van der Waals surface area contributed by atoms with Gasteiger partial charge in [-0.3, -0.25) is 0 Å². The molecule has 0 aliphatic carbocycles. The van der Waals surface area contributed by atoms with Gasteiger partial charge in [0.1, 0.15) is 0 Å². The second kappa shape index (κ2) is 26.1. The molecule has 0 unspecified atom stereocenters. The summed E-state index contributed by atoms with van der Waals surface area (Å²) in [5.74, 6) is 0. The van der Waals surface area contributed by atoms with Crippen molar-refractivity contribution in [2.24, 2.45) is 0 Å². The first kappa shape index (κ1) is 36.9. The van der Waals surface area contributed by atoms with Gasteiger partial charge in [0, 0.05) is 0 Å². The van der Waals surface area contributed by atoms with Crippen LogP contribution in [0, 0.1) is 0 Å². The average Bonchev–Trinajstić information content (AvgIpc) is 2.87. The Morgan fingerprint density at radius 2 is 0.444 bits per heavy atom. The van der Waals surface area contributed by atoms with E-state index in [2.05, 4.69) is 27.7 Å². The Labute approximate surface area is 239 Å². The molecule has 0 rings (SSSR count). The van der Waals surface area contributed by atoms with Gasteiger partial charge in [-0.2, -0.15) is 0 Å². The van der Waals surface area contributed by atoms with Crippen LogP contribution >= 0.6 is 20.8 Å². The number of rotatable bonds is 30. The molecule has 0 bridgehead atoms. The van der Waals surface area contributed by atoms with Gasteiger partial charge >= 0.3 is 240 Å². The first-order valence-corrected chi connectivity index (χ1v) is 22.3. The normalized spacial score (nSPS) is 13.2. The summed E-state index contributed by atoms with van der Waals surface area (Å²) in [4.78, 5) is 0. The number of unbranched alkanes of at least 4 members (excludes halogenated alkanes) is 22.